The van der Waals surface area contributed by atoms with E-state index in [0.29, 0.717) is 0 Å². The van der Waals surface area contributed by atoms with E-state index in [2.05, 4.69) is 62.5 Å². The van der Waals surface area contributed by atoms with Gasteiger partial charge in [0.25, 0.3) is 0 Å². The van der Waals surface area contributed by atoms with Gasteiger partial charge in [0.1, 0.15) is 5.01 Å². The number of anilines is 1. The van der Waals surface area contributed by atoms with Crippen molar-refractivity contribution in [3.8, 4) is 11.3 Å². The maximum Gasteiger partial charge on any atom is 0.112 e. The van der Waals surface area contributed by atoms with Crippen LogP contribution in [0.4, 0.5) is 5.69 Å². The van der Waals surface area contributed by atoms with Crippen LogP contribution in [0.1, 0.15) is 5.01 Å². The highest BCUT2D eigenvalue weighted by molar-refractivity contribution is 14.1. The number of hydrogen-bond donors (Lipinski definition) is 1. The SMILES string of the molecule is Ic1ccccc1NCc1nc(-c2ccccc2)cs1. The van der Waals surface area contributed by atoms with Crippen LogP contribution in [0.15, 0.2) is 60.0 Å². The van der Waals surface area contributed by atoms with Crippen molar-refractivity contribution in [1.82, 2.24) is 4.98 Å². The molecular weight excluding hydrogens is 379 g/mol. The van der Waals surface area contributed by atoms with Crippen LogP contribution < -0.4 is 5.32 Å². The van der Waals surface area contributed by atoms with Crippen molar-refractivity contribution >= 4 is 39.6 Å². The number of thiazole rings is 1. The van der Waals surface area contributed by atoms with E-state index < -0.39 is 0 Å². The summed E-state index contributed by atoms with van der Waals surface area (Å²) in [6, 6.07) is 18.6. The Bertz CT molecular complexity index is 694. The first kappa shape index (κ1) is 13.6. The smallest absolute Gasteiger partial charge is 0.112 e. The zero-order valence-corrected chi connectivity index (χ0v) is 13.7. The first-order valence-electron chi connectivity index (χ1n) is 6.31. The second kappa shape index (κ2) is 6.37. The molecule has 3 rings (SSSR count). The van der Waals surface area contributed by atoms with Gasteiger partial charge in [0.15, 0.2) is 0 Å². The van der Waals surface area contributed by atoms with Crippen LogP contribution in [-0.2, 0) is 6.54 Å². The molecule has 0 amide bonds. The third-order valence-electron chi connectivity index (χ3n) is 2.93. The highest BCUT2D eigenvalue weighted by Crippen LogP contribution is 2.23. The number of benzene rings is 2. The Labute approximate surface area is 136 Å². The fourth-order valence-corrected chi connectivity index (χ4v) is 3.23. The van der Waals surface area contributed by atoms with Gasteiger partial charge in [-0.3, -0.25) is 0 Å². The number of halogens is 1. The van der Waals surface area contributed by atoms with Gasteiger partial charge in [-0.25, -0.2) is 4.98 Å². The van der Waals surface area contributed by atoms with E-state index in [9.17, 15) is 0 Å². The first-order chi connectivity index (χ1) is 9.83. The van der Waals surface area contributed by atoms with Gasteiger partial charge in [-0.2, -0.15) is 0 Å². The van der Waals surface area contributed by atoms with Crippen LogP contribution in [-0.4, -0.2) is 4.98 Å². The standard InChI is InChI=1S/C16H13IN2S/c17-13-8-4-5-9-14(13)18-10-16-19-15(11-20-16)12-6-2-1-3-7-12/h1-9,11,18H,10H2. The Kier molecular flexibility index (Phi) is 4.32. The molecule has 0 saturated heterocycles. The summed E-state index contributed by atoms with van der Waals surface area (Å²) in [6.45, 7) is 0.761. The van der Waals surface area contributed by atoms with Crippen molar-refractivity contribution in [2.45, 2.75) is 6.54 Å². The van der Waals surface area contributed by atoms with E-state index in [1.807, 2.05) is 30.3 Å². The quantitative estimate of drug-likeness (QED) is 0.631. The van der Waals surface area contributed by atoms with Gasteiger partial charge in [0, 0.05) is 20.2 Å². The van der Waals surface area contributed by atoms with Gasteiger partial charge >= 0.3 is 0 Å². The van der Waals surface area contributed by atoms with E-state index >= 15 is 0 Å². The fourth-order valence-electron chi connectivity index (χ4n) is 1.91. The maximum atomic E-state index is 4.68. The van der Waals surface area contributed by atoms with Crippen LogP contribution in [0.2, 0.25) is 0 Å². The fraction of sp³-hybridized carbons (Fsp3) is 0.0625. The second-order valence-electron chi connectivity index (χ2n) is 4.33. The lowest BCUT2D eigenvalue weighted by Gasteiger charge is -2.06. The average Bonchev–Trinajstić information content (AvgIpc) is 2.96. The molecule has 0 aliphatic carbocycles. The lowest BCUT2D eigenvalue weighted by molar-refractivity contribution is 1.10. The van der Waals surface area contributed by atoms with Crippen molar-refractivity contribution in [3.63, 3.8) is 0 Å². The van der Waals surface area contributed by atoms with Crippen LogP contribution in [0.25, 0.3) is 11.3 Å². The number of nitrogens with one attached hydrogen (secondary N) is 1. The van der Waals surface area contributed by atoms with E-state index in [1.165, 1.54) is 9.13 Å². The number of hydrogen-bond acceptors (Lipinski definition) is 3. The third kappa shape index (κ3) is 3.19. The second-order valence-corrected chi connectivity index (χ2v) is 6.43. The van der Waals surface area contributed by atoms with E-state index in [-0.39, 0.29) is 0 Å². The normalized spacial score (nSPS) is 10.4. The molecule has 0 atom stereocenters. The summed E-state index contributed by atoms with van der Waals surface area (Å²) < 4.78 is 1.23. The molecule has 3 aromatic rings. The molecule has 1 aromatic heterocycles. The van der Waals surface area contributed by atoms with E-state index in [4.69, 9.17) is 0 Å². The van der Waals surface area contributed by atoms with Gasteiger partial charge < -0.3 is 5.32 Å². The number of nitrogens with zero attached hydrogens (tertiary/aromatic N) is 1. The molecule has 20 heavy (non-hydrogen) atoms. The minimum atomic E-state index is 0.761. The number of aromatic nitrogens is 1. The Morgan fingerprint density at radius 1 is 1.00 bits per heavy atom. The zero-order chi connectivity index (χ0) is 13.8. The van der Waals surface area contributed by atoms with Crippen molar-refractivity contribution in [1.29, 1.82) is 0 Å². The van der Waals surface area contributed by atoms with Gasteiger partial charge in [-0.15, -0.1) is 11.3 Å². The van der Waals surface area contributed by atoms with Crippen LogP contribution in [0, 0.1) is 3.57 Å². The molecule has 2 nitrogen and oxygen atoms in total. The predicted octanol–water partition coefficient (Wildman–Crippen LogP) is 5.03. The molecular formula is C16H13IN2S. The molecule has 0 radical (unpaired) electrons. The van der Waals surface area contributed by atoms with Crippen LogP contribution in [0.5, 0.6) is 0 Å². The lowest BCUT2D eigenvalue weighted by atomic mass is 10.2. The topological polar surface area (TPSA) is 24.9 Å². The summed E-state index contributed by atoms with van der Waals surface area (Å²) in [5.41, 5.74) is 3.38. The van der Waals surface area contributed by atoms with E-state index in [1.54, 1.807) is 11.3 Å². The summed E-state index contributed by atoms with van der Waals surface area (Å²) in [5, 5.41) is 6.65. The molecule has 1 heterocycles. The van der Waals surface area contributed by atoms with Crippen LogP contribution in [0.3, 0.4) is 0 Å². The Morgan fingerprint density at radius 3 is 2.55 bits per heavy atom. The molecule has 0 aliphatic rings. The van der Waals surface area contributed by atoms with Gasteiger partial charge in [-0.05, 0) is 34.7 Å². The summed E-state index contributed by atoms with van der Waals surface area (Å²) >= 11 is 4.03. The highest BCUT2D eigenvalue weighted by Gasteiger charge is 2.04. The Balaban J connectivity index is 1.71. The molecule has 0 spiro atoms. The van der Waals surface area contributed by atoms with Gasteiger partial charge in [0.2, 0.25) is 0 Å². The molecule has 0 aliphatic heterocycles. The monoisotopic (exact) mass is 392 g/mol. The van der Waals surface area contributed by atoms with Crippen LogP contribution >= 0.6 is 33.9 Å². The molecule has 0 saturated carbocycles. The summed E-state index contributed by atoms with van der Waals surface area (Å²) in [7, 11) is 0. The molecule has 100 valence electrons. The number of rotatable bonds is 4. The maximum absolute atomic E-state index is 4.68. The molecule has 0 fully saturated rings. The minimum absolute atomic E-state index is 0.761. The highest BCUT2D eigenvalue weighted by atomic mass is 127. The average molecular weight is 392 g/mol. The van der Waals surface area contributed by atoms with Crippen molar-refractivity contribution in [3.05, 3.63) is 68.6 Å². The largest absolute Gasteiger partial charge is 0.378 e. The molecule has 2 aromatic carbocycles. The molecule has 4 heteroatoms. The number of para-hydroxylation sites is 1. The lowest BCUT2D eigenvalue weighted by Crippen LogP contribution is -2.00. The first-order valence-corrected chi connectivity index (χ1v) is 8.27. The third-order valence-corrected chi connectivity index (χ3v) is 4.71. The zero-order valence-electron chi connectivity index (χ0n) is 10.7. The van der Waals surface area contributed by atoms with Gasteiger partial charge in [0.05, 0.1) is 12.2 Å². The van der Waals surface area contributed by atoms with Crippen molar-refractivity contribution < 1.29 is 0 Å². The van der Waals surface area contributed by atoms with Gasteiger partial charge in [-0.1, -0.05) is 42.5 Å². The molecule has 0 unspecified atom stereocenters. The molecule has 0 bridgehead atoms. The minimum Gasteiger partial charge on any atom is -0.378 e. The Hall–Kier alpha value is -1.40. The van der Waals surface area contributed by atoms with Crippen molar-refractivity contribution in [2.24, 2.45) is 0 Å². The van der Waals surface area contributed by atoms with Crippen molar-refractivity contribution in [2.75, 3.05) is 5.32 Å². The summed E-state index contributed by atoms with van der Waals surface area (Å²) in [4.78, 5) is 4.68. The predicted molar refractivity (Wildman–Crippen MR) is 94.0 cm³/mol. The van der Waals surface area contributed by atoms with E-state index in [0.717, 1.165) is 22.9 Å². The Morgan fingerprint density at radius 2 is 1.75 bits per heavy atom. The summed E-state index contributed by atoms with van der Waals surface area (Å²) in [6.07, 6.45) is 0. The summed E-state index contributed by atoms with van der Waals surface area (Å²) in [5.74, 6) is 0. The molecule has 1 N–H and O–H groups in total.